The van der Waals surface area contributed by atoms with E-state index in [-0.39, 0.29) is 17.6 Å². The first-order valence-electron chi connectivity index (χ1n) is 9.44. The molecule has 1 aliphatic heterocycles. The second-order valence-electron chi connectivity index (χ2n) is 7.08. The summed E-state index contributed by atoms with van der Waals surface area (Å²) in [7, 11) is 1.70. The minimum absolute atomic E-state index is 0.0464. The minimum Gasteiger partial charge on any atom is -0.380 e. The van der Waals surface area contributed by atoms with E-state index >= 15 is 0 Å². The number of nitrogens with one attached hydrogen (secondary N) is 2. The number of ether oxygens (including phenoxy) is 1. The van der Waals surface area contributed by atoms with Gasteiger partial charge in [0.2, 0.25) is 0 Å². The summed E-state index contributed by atoms with van der Waals surface area (Å²) in [5.41, 5.74) is 4.21. The number of likely N-dealkylation sites (tertiary alicyclic amines) is 1. The molecule has 1 aliphatic rings. The van der Waals surface area contributed by atoms with Crippen LogP contribution in [0.3, 0.4) is 0 Å². The topological polar surface area (TPSA) is 78.2 Å². The van der Waals surface area contributed by atoms with Gasteiger partial charge in [-0.3, -0.25) is 19.8 Å². The summed E-state index contributed by atoms with van der Waals surface area (Å²) in [6.07, 6.45) is 2.08. The maximum atomic E-state index is 12.9. The zero-order chi connectivity index (χ0) is 19.5. The van der Waals surface area contributed by atoms with Crippen LogP contribution in [-0.4, -0.2) is 47.3 Å². The SMILES string of the molecule is CO[C@@H]1CCCN(C(=O)c2cccc(-c3ccc(-c4cc(=O)[nH][nH]4)cc3)c2)C1. The summed E-state index contributed by atoms with van der Waals surface area (Å²) in [5.74, 6) is 0.0464. The molecule has 0 saturated carbocycles. The van der Waals surface area contributed by atoms with Crippen LogP contribution in [0.5, 0.6) is 0 Å². The van der Waals surface area contributed by atoms with Crippen molar-refractivity contribution in [3.8, 4) is 22.4 Å². The summed E-state index contributed by atoms with van der Waals surface area (Å²) in [4.78, 5) is 26.1. The summed E-state index contributed by atoms with van der Waals surface area (Å²) in [6.45, 7) is 1.41. The molecule has 1 atom stereocenters. The van der Waals surface area contributed by atoms with Gasteiger partial charge in [-0.05, 0) is 41.7 Å². The van der Waals surface area contributed by atoms with E-state index in [9.17, 15) is 9.59 Å². The molecule has 4 rings (SSSR count). The van der Waals surface area contributed by atoms with Gasteiger partial charge in [0.05, 0.1) is 11.8 Å². The van der Waals surface area contributed by atoms with Gasteiger partial charge in [-0.15, -0.1) is 0 Å². The third kappa shape index (κ3) is 3.77. The lowest BCUT2D eigenvalue weighted by Crippen LogP contribution is -2.42. The first-order valence-corrected chi connectivity index (χ1v) is 9.44. The number of amides is 1. The van der Waals surface area contributed by atoms with E-state index in [0.717, 1.165) is 41.8 Å². The number of rotatable bonds is 4. The molecular weight excluding hydrogens is 354 g/mol. The fraction of sp³-hybridized carbons (Fsp3) is 0.273. The van der Waals surface area contributed by atoms with Gasteiger partial charge in [0.1, 0.15) is 0 Å². The quantitative estimate of drug-likeness (QED) is 0.732. The minimum atomic E-state index is -0.154. The van der Waals surface area contributed by atoms with Gasteiger partial charge >= 0.3 is 0 Å². The number of hydrogen-bond acceptors (Lipinski definition) is 3. The van der Waals surface area contributed by atoms with Crippen LogP contribution in [0.1, 0.15) is 23.2 Å². The standard InChI is InChI=1S/C22H23N3O3/c1-28-19-6-3-11-25(14-19)22(27)18-5-2-4-17(12-18)15-7-9-16(10-8-15)20-13-21(26)24-23-20/h2,4-5,7-10,12-13,19H,3,6,11,14H2,1H3,(H2,23,24,26)/t19-/m1/s1. The van der Waals surface area contributed by atoms with Crippen molar-refractivity contribution in [3.63, 3.8) is 0 Å². The number of carbonyl (C=O) groups is 1. The van der Waals surface area contributed by atoms with Crippen molar-refractivity contribution in [1.82, 2.24) is 15.1 Å². The van der Waals surface area contributed by atoms with Gasteiger partial charge in [-0.25, -0.2) is 0 Å². The summed E-state index contributed by atoms with van der Waals surface area (Å²) < 4.78 is 5.43. The summed E-state index contributed by atoms with van der Waals surface area (Å²) in [6, 6.07) is 17.1. The molecule has 0 spiro atoms. The molecule has 2 N–H and O–H groups in total. The van der Waals surface area contributed by atoms with Crippen molar-refractivity contribution in [1.29, 1.82) is 0 Å². The lowest BCUT2D eigenvalue weighted by atomic mass is 10.00. The molecule has 0 radical (unpaired) electrons. The van der Waals surface area contributed by atoms with Crippen LogP contribution in [0.4, 0.5) is 0 Å². The molecule has 6 heteroatoms. The fourth-order valence-electron chi connectivity index (χ4n) is 3.66. The fourth-order valence-corrected chi connectivity index (χ4v) is 3.66. The van der Waals surface area contributed by atoms with E-state index < -0.39 is 0 Å². The van der Waals surface area contributed by atoms with Gasteiger partial charge in [0, 0.05) is 31.8 Å². The first-order chi connectivity index (χ1) is 13.6. The molecule has 6 nitrogen and oxygen atoms in total. The highest BCUT2D eigenvalue weighted by Crippen LogP contribution is 2.25. The van der Waals surface area contributed by atoms with Crippen LogP contribution in [0.25, 0.3) is 22.4 Å². The normalized spacial score (nSPS) is 16.9. The Bertz CT molecular complexity index is 1020. The monoisotopic (exact) mass is 377 g/mol. The Hall–Kier alpha value is -3.12. The van der Waals surface area contributed by atoms with Crippen molar-refractivity contribution in [3.05, 3.63) is 70.5 Å². The lowest BCUT2D eigenvalue weighted by Gasteiger charge is -2.32. The highest BCUT2D eigenvalue weighted by molar-refractivity contribution is 5.95. The van der Waals surface area contributed by atoms with Crippen molar-refractivity contribution < 1.29 is 9.53 Å². The van der Waals surface area contributed by atoms with Gasteiger partial charge < -0.3 is 9.64 Å². The molecule has 2 heterocycles. The number of hydrogen-bond donors (Lipinski definition) is 2. The number of aromatic amines is 2. The van der Waals surface area contributed by atoms with Crippen LogP contribution in [-0.2, 0) is 4.74 Å². The number of benzene rings is 2. The predicted octanol–water partition coefficient (Wildman–Crippen LogP) is 3.29. The van der Waals surface area contributed by atoms with Gasteiger partial charge in [-0.1, -0.05) is 36.4 Å². The Morgan fingerprint density at radius 1 is 1.04 bits per heavy atom. The second-order valence-corrected chi connectivity index (χ2v) is 7.08. The van der Waals surface area contributed by atoms with Gasteiger partial charge in [0.25, 0.3) is 11.5 Å². The van der Waals surface area contributed by atoms with Crippen molar-refractivity contribution >= 4 is 5.91 Å². The van der Waals surface area contributed by atoms with Gasteiger partial charge in [-0.2, -0.15) is 0 Å². The smallest absolute Gasteiger partial charge is 0.264 e. The van der Waals surface area contributed by atoms with E-state index in [1.54, 1.807) is 7.11 Å². The third-order valence-electron chi connectivity index (χ3n) is 5.23. The molecule has 1 amide bonds. The Kier molecular flexibility index (Phi) is 5.12. The number of nitrogens with zero attached hydrogens (tertiary/aromatic N) is 1. The van der Waals surface area contributed by atoms with Crippen LogP contribution in [0, 0.1) is 0 Å². The molecule has 1 fully saturated rings. The third-order valence-corrected chi connectivity index (χ3v) is 5.23. The average molecular weight is 377 g/mol. The second kappa shape index (κ2) is 7.86. The molecule has 144 valence electrons. The number of piperidine rings is 1. The maximum Gasteiger partial charge on any atom is 0.264 e. The molecule has 3 aromatic rings. The van der Waals surface area contributed by atoms with Crippen molar-refractivity contribution in [2.24, 2.45) is 0 Å². The van der Waals surface area contributed by atoms with Crippen LogP contribution in [0.15, 0.2) is 59.4 Å². The van der Waals surface area contributed by atoms with Gasteiger partial charge in [0.15, 0.2) is 0 Å². The maximum absolute atomic E-state index is 12.9. The molecule has 0 aliphatic carbocycles. The van der Waals surface area contributed by atoms with Crippen LogP contribution < -0.4 is 5.56 Å². The van der Waals surface area contributed by atoms with Crippen LogP contribution in [0.2, 0.25) is 0 Å². The summed E-state index contributed by atoms with van der Waals surface area (Å²) in [5, 5.41) is 5.39. The molecule has 1 saturated heterocycles. The van der Waals surface area contributed by atoms with Crippen molar-refractivity contribution in [2.75, 3.05) is 20.2 Å². The van der Waals surface area contributed by atoms with E-state index in [4.69, 9.17) is 4.74 Å². The Balaban J connectivity index is 1.55. The molecule has 2 aromatic carbocycles. The Labute approximate surface area is 163 Å². The number of methoxy groups -OCH3 is 1. The molecular formula is C22H23N3O3. The first kappa shape index (κ1) is 18.3. The molecule has 1 aromatic heterocycles. The van der Waals surface area contributed by atoms with Crippen molar-refractivity contribution in [2.45, 2.75) is 18.9 Å². The number of aromatic nitrogens is 2. The Morgan fingerprint density at radius 2 is 1.82 bits per heavy atom. The number of carbonyl (C=O) groups excluding carboxylic acids is 1. The van der Waals surface area contributed by atoms with Crippen LogP contribution >= 0.6 is 0 Å². The zero-order valence-electron chi connectivity index (χ0n) is 15.8. The highest BCUT2D eigenvalue weighted by atomic mass is 16.5. The molecule has 28 heavy (non-hydrogen) atoms. The number of H-pyrrole nitrogens is 2. The van der Waals surface area contributed by atoms with E-state index in [2.05, 4.69) is 10.2 Å². The lowest BCUT2D eigenvalue weighted by molar-refractivity contribution is 0.0269. The highest BCUT2D eigenvalue weighted by Gasteiger charge is 2.24. The van der Waals surface area contributed by atoms with E-state index in [1.807, 2.05) is 53.4 Å². The predicted molar refractivity (Wildman–Crippen MR) is 108 cm³/mol. The molecule has 0 unspecified atom stereocenters. The zero-order valence-corrected chi connectivity index (χ0v) is 15.8. The molecule has 0 bridgehead atoms. The average Bonchev–Trinajstić information content (AvgIpc) is 3.20. The summed E-state index contributed by atoms with van der Waals surface area (Å²) >= 11 is 0. The van der Waals surface area contributed by atoms with E-state index in [0.29, 0.717) is 12.1 Å². The Morgan fingerprint density at radius 3 is 2.54 bits per heavy atom. The largest absolute Gasteiger partial charge is 0.380 e. The van der Waals surface area contributed by atoms with E-state index in [1.165, 1.54) is 6.07 Å².